The molecule has 0 radical (unpaired) electrons. The first-order valence-corrected chi connectivity index (χ1v) is 6.64. The highest BCUT2D eigenvalue weighted by Crippen LogP contribution is 2.27. The van der Waals surface area contributed by atoms with Crippen LogP contribution in [-0.4, -0.2) is 11.1 Å². The van der Waals surface area contributed by atoms with Crippen LogP contribution in [0, 0.1) is 13.8 Å². The van der Waals surface area contributed by atoms with E-state index in [0.29, 0.717) is 5.69 Å². The van der Waals surface area contributed by atoms with E-state index in [1.807, 2.05) is 38.1 Å². The fraction of sp³-hybridized carbons (Fsp3) is 0.133. The minimum Gasteiger partial charge on any atom is -0.478 e. The molecule has 0 atom stereocenters. The van der Waals surface area contributed by atoms with E-state index in [1.165, 1.54) is 0 Å². The van der Waals surface area contributed by atoms with Crippen molar-refractivity contribution in [1.82, 2.24) is 0 Å². The molecule has 0 aliphatic rings. The number of nitrogens with one attached hydrogen (secondary N) is 1. The average molecular weight is 320 g/mol. The van der Waals surface area contributed by atoms with Crippen LogP contribution in [0.1, 0.15) is 21.5 Å². The van der Waals surface area contributed by atoms with Crippen LogP contribution < -0.4 is 5.32 Å². The van der Waals surface area contributed by atoms with Crippen LogP contribution in [0.3, 0.4) is 0 Å². The van der Waals surface area contributed by atoms with Gasteiger partial charge in [-0.2, -0.15) is 0 Å². The summed E-state index contributed by atoms with van der Waals surface area (Å²) >= 11 is 3.41. The molecular weight excluding hydrogens is 306 g/mol. The van der Waals surface area contributed by atoms with Crippen molar-refractivity contribution in [2.24, 2.45) is 0 Å². The van der Waals surface area contributed by atoms with Crippen molar-refractivity contribution in [3.63, 3.8) is 0 Å². The van der Waals surface area contributed by atoms with Gasteiger partial charge in [0.2, 0.25) is 0 Å². The number of hydrogen-bond donors (Lipinski definition) is 2. The van der Waals surface area contributed by atoms with E-state index in [4.69, 9.17) is 0 Å². The molecule has 0 fully saturated rings. The topological polar surface area (TPSA) is 49.3 Å². The minimum atomic E-state index is -0.932. The zero-order valence-electron chi connectivity index (χ0n) is 10.7. The van der Waals surface area contributed by atoms with Gasteiger partial charge in [-0.1, -0.05) is 33.6 Å². The van der Waals surface area contributed by atoms with E-state index in [2.05, 4.69) is 21.2 Å². The third-order valence-electron chi connectivity index (χ3n) is 2.87. The molecule has 0 saturated carbocycles. The van der Waals surface area contributed by atoms with Crippen molar-refractivity contribution in [3.8, 4) is 0 Å². The molecule has 2 aromatic carbocycles. The monoisotopic (exact) mass is 319 g/mol. The summed E-state index contributed by atoms with van der Waals surface area (Å²) in [4.78, 5) is 11.3. The lowest BCUT2D eigenvalue weighted by atomic mass is 10.1. The second kappa shape index (κ2) is 5.45. The van der Waals surface area contributed by atoms with Gasteiger partial charge in [0.1, 0.15) is 0 Å². The lowest BCUT2D eigenvalue weighted by Gasteiger charge is -2.13. The molecule has 0 unspecified atom stereocenters. The summed E-state index contributed by atoms with van der Waals surface area (Å²) in [6.07, 6.45) is 0. The summed E-state index contributed by atoms with van der Waals surface area (Å²) in [6.45, 7) is 3.85. The van der Waals surface area contributed by atoms with Gasteiger partial charge in [0, 0.05) is 10.2 Å². The Labute approximate surface area is 120 Å². The molecule has 0 heterocycles. The maximum atomic E-state index is 11.3. The SMILES string of the molecule is Cc1ccc(Nc2cc(Br)ccc2C)c(C(=O)O)c1. The smallest absolute Gasteiger partial charge is 0.337 e. The van der Waals surface area contributed by atoms with Crippen molar-refractivity contribution in [1.29, 1.82) is 0 Å². The molecule has 0 aliphatic heterocycles. The average Bonchev–Trinajstić information content (AvgIpc) is 2.35. The van der Waals surface area contributed by atoms with Crippen LogP contribution >= 0.6 is 15.9 Å². The number of aromatic carboxylic acids is 1. The lowest BCUT2D eigenvalue weighted by Crippen LogP contribution is -2.04. The van der Waals surface area contributed by atoms with Gasteiger partial charge in [-0.05, 0) is 43.7 Å². The molecule has 0 bridgehead atoms. The quantitative estimate of drug-likeness (QED) is 0.875. The molecule has 0 amide bonds. The Morgan fingerprint density at radius 2 is 1.84 bits per heavy atom. The summed E-state index contributed by atoms with van der Waals surface area (Å²) < 4.78 is 0.949. The number of benzene rings is 2. The predicted molar refractivity (Wildman–Crippen MR) is 80.3 cm³/mol. The van der Waals surface area contributed by atoms with E-state index in [9.17, 15) is 9.90 Å². The molecule has 19 heavy (non-hydrogen) atoms. The van der Waals surface area contributed by atoms with Crippen LogP contribution in [0.4, 0.5) is 11.4 Å². The lowest BCUT2D eigenvalue weighted by molar-refractivity contribution is 0.0698. The maximum Gasteiger partial charge on any atom is 0.337 e. The molecule has 3 nitrogen and oxygen atoms in total. The number of aryl methyl sites for hydroxylation is 2. The van der Waals surface area contributed by atoms with Gasteiger partial charge in [0.25, 0.3) is 0 Å². The Morgan fingerprint density at radius 1 is 1.11 bits per heavy atom. The van der Waals surface area contributed by atoms with E-state index < -0.39 is 5.97 Å². The van der Waals surface area contributed by atoms with Crippen LogP contribution in [0.2, 0.25) is 0 Å². The minimum absolute atomic E-state index is 0.277. The van der Waals surface area contributed by atoms with Crippen LogP contribution in [-0.2, 0) is 0 Å². The molecule has 2 rings (SSSR count). The second-order valence-electron chi connectivity index (χ2n) is 4.44. The van der Waals surface area contributed by atoms with Crippen molar-refractivity contribution in [3.05, 3.63) is 57.6 Å². The standard InChI is InChI=1S/C15H14BrNO2/c1-9-3-6-13(12(7-9)15(18)19)17-14-8-11(16)5-4-10(14)2/h3-8,17H,1-2H3,(H,18,19). The number of carboxylic acids is 1. The highest BCUT2D eigenvalue weighted by Gasteiger charge is 2.11. The zero-order valence-corrected chi connectivity index (χ0v) is 12.3. The van der Waals surface area contributed by atoms with Crippen LogP contribution in [0.15, 0.2) is 40.9 Å². The highest BCUT2D eigenvalue weighted by molar-refractivity contribution is 9.10. The fourth-order valence-corrected chi connectivity index (χ4v) is 2.18. The number of halogens is 1. The molecule has 0 saturated heterocycles. The number of carbonyl (C=O) groups is 1. The first kappa shape index (κ1) is 13.6. The number of anilines is 2. The van der Waals surface area contributed by atoms with Crippen molar-refractivity contribution >= 4 is 33.3 Å². The van der Waals surface area contributed by atoms with Gasteiger partial charge in [0.05, 0.1) is 11.3 Å². The van der Waals surface area contributed by atoms with Gasteiger partial charge in [-0.3, -0.25) is 0 Å². The number of hydrogen-bond acceptors (Lipinski definition) is 2. The fourth-order valence-electron chi connectivity index (χ4n) is 1.82. The molecule has 4 heteroatoms. The summed E-state index contributed by atoms with van der Waals surface area (Å²) in [5, 5.41) is 12.4. The van der Waals surface area contributed by atoms with Crippen LogP contribution in [0.25, 0.3) is 0 Å². The first-order chi connectivity index (χ1) is 8.97. The van der Waals surface area contributed by atoms with Gasteiger partial charge >= 0.3 is 5.97 Å². The molecule has 2 aromatic rings. The summed E-state index contributed by atoms with van der Waals surface area (Å²) in [7, 11) is 0. The molecule has 2 N–H and O–H groups in total. The van der Waals surface area contributed by atoms with Crippen molar-refractivity contribution < 1.29 is 9.90 Å². The second-order valence-corrected chi connectivity index (χ2v) is 5.35. The van der Waals surface area contributed by atoms with Gasteiger partial charge in [0.15, 0.2) is 0 Å². The predicted octanol–water partition coefficient (Wildman–Crippen LogP) is 4.51. The summed E-state index contributed by atoms with van der Waals surface area (Å²) in [5.74, 6) is -0.932. The van der Waals surface area contributed by atoms with Crippen molar-refractivity contribution in [2.75, 3.05) is 5.32 Å². The van der Waals surface area contributed by atoms with Gasteiger partial charge in [-0.25, -0.2) is 4.79 Å². The summed E-state index contributed by atoms with van der Waals surface area (Å²) in [6, 6.07) is 11.2. The Hall–Kier alpha value is -1.81. The van der Waals surface area contributed by atoms with Gasteiger partial charge in [-0.15, -0.1) is 0 Å². The Balaban J connectivity index is 2.43. The van der Waals surface area contributed by atoms with Crippen LogP contribution in [0.5, 0.6) is 0 Å². The van der Waals surface area contributed by atoms with Gasteiger partial charge < -0.3 is 10.4 Å². The van der Waals surface area contributed by atoms with E-state index >= 15 is 0 Å². The Morgan fingerprint density at radius 3 is 2.53 bits per heavy atom. The first-order valence-electron chi connectivity index (χ1n) is 5.84. The molecule has 0 spiro atoms. The zero-order chi connectivity index (χ0) is 14.0. The van der Waals surface area contributed by atoms with E-state index in [0.717, 1.165) is 21.3 Å². The largest absolute Gasteiger partial charge is 0.478 e. The third kappa shape index (κ3) is 3.15. The maximum absolute atomic E-state index is 11.3. The molecule has 0 aliphatic carbocycles. The summed E-state index contributed by atoms with van der Waals surface area (Å²) in [5.41, 5.74) is 3.74. The highest BCUT2D eigenvalue weighted by atomic mass is 79.9. The Bertz CT molecular complexity index is 638. The normalized spacial score (nSPS) is 10.3. The molecule has 0 aromatic heterocycles. The number of rotatable bonds is 3. The van der Waals surface area contributed by atoms with E-state index in [1.54, 1.807) is 12.1 Å². The molecular formula is C15H14BrNO2. The number of carboxylic acid groups (broad SMARTS) is 1. The van der Waals surface area contributed by atoms with E-state index in [-0.39, 0.29) is 5.56 Å². The third-order valence-corrected chi connectivity index (χ3v) is 3.37. The van der Waals surface area contributed by atoms with Crippen molar-refractivity contribution in [2.45, 2.75) is 13.8 Å². The molecule has 98 valence electrons. The Kier molecular flexibility index (Phi) is 3.90.